The van der Waals surface area contributed by atoms with E-state index >= 15 is 0 Å². The van der Waals surface area contributed by atoms with E-state index in [0.29, 0.717) is 30.1 Å². The summed E-state index contributed by atoms with van der Waals surface area (Å²) in [5.74, 6) is 0.369. The Labute approximate surface area is 188 Å². The van der Waals surface area contributed by atoms with Gasteiger partial charge in [-0.2, -0.15) is 0 Å². The molecular formula is C25H26N2O4S. The number of amides is 1. The first-order chi connectivity index (χ1) is 15.3. The molecule has 166 valence electrons. The lowest BCUT2D eigenvalue weighted by atomic mass is 10.0. The van der Waals surface area contributed by atoms with E-state index in [2.05, 4.69) is 5.32 Å². The Balaban J connectivity index is 1.48. The Morgan fingerprint density at radius 2 is 1.78 bits per heavy atom. The summed E-state index contributed by atoms with van der Waals surface area (Å²) in [5.41, 5.74) is 4.24. The average molecular weight is 451 g/mol. The van der Waals surface area contributed by atoms with Gasteiger partial charge in [0.25, 0.3) is 15.9 Å². The van der Waals surface area contributed by atoms with Gasteiger partial charge < -0.3 is 10.1 Å². The molecule has 1 amide bonds. The standard InChI is InChI=1S/C25H26N2O4S/c1-18-8-11-23(12-9-18)32(29,30)27-14-4-6-20-16-21(10-13-24(20)27)26-25(28)17-31-22-7-3-5-19(2)15-22/h3,5,7-13,15-16H,4,6,14,17H2,1-2H3,(H,26,28). The zero-order chi connectivity index (χ0) is 22.7. The van der Waals surface area contributed by atoms with Gasteiger partial charge in [0.2, 0.25) is 0 Å². The van der Waals surface area contributed by atoms with Crippen molar-refractivity contribution in [3.05, 3.63) is 83.4 Å². The summed E-state index contributed by atoms with van der Waals surface area (Å²) in [6.07, 6.45) is 1.46. The van der Waals surface area contributed by atoms with Crippen LogP contribution in [0.15, 0.2) is 71.6 Å². The van der Waals surface area contributed by atoms with Gasteiger partial charge in [0.1, 0.15) is 5.75 Å². The van der Waals surface area contributed by atoms with E-state index in [0.717, 1.165) is 23.1 Å². The molecule has 0 spiro atoms. The number of fused-ring (bicyclic) bond motifs is 1. The quantitative estimate of drug-likeness (QED) is 0.602. The van der Waals surface area contributed by atoms with Gasteiger partial charge in [-0.05, 0) is 80.3 Å². The lowest BCUT2D eigenvalue weighted by Gasteiger charge is -2.31. The lowest BCUT2D eigenvalue weighted by Crippen LogP contribution is -2.35. The summed E-state index contributed by atoms with van der Waals surface area (Å²) in [6, 6.07) is 19.7. The van der Waals surface area contributed by atoms with Crippen molar-refractivity contribution in [2.75, 3.05) is 22.8 Å². The molecule has 0 unspecified atom stereocenters. The second kappa shape index (κ2) is 9.04. The Hall–Kier alpha value is -3.32. The third kappa shape index (κ3) is 4.78. The van der Waals surface area contributed by atoms with Gasteiger partial charge in [-0.25, -0.2) is 8.42 Å². The summed E-state index contributed by atoms with van der Waals surface area (Å²) in [7, 11) is -3.64. The van der Waals surface area contributed by atoms with Crippen LogP contribution in [0.25, 0.3) is 0 Å². The van der Waals surface area contributed by atoms with Crippen LogP contribution in [-0.4, -0.2) is 27.5 Å². The minimum absolute atomic E-state index is 0.103. The van der Waals surface area contributed by atoms with Gasteiger partial charge in [0, 0.05) is 12.2 Å². The van der Waals surface area contributed by atoms with Gasteiger partial charge in [0.05, 0.1) is 10.6 Å². The highest BCUT2D eigenvalue weighted by molar-refractivity contribution is 7.92. The predicted molar refractivity (Wildman–Crippen MR) is 126 cm³/mol. The van der Waals surface area contributed by atoms with Crippen molar-refractivity contribution in [1.29, 1.82) is 0 Å². The highest BCUT2D eigenvalue weighted by Crippen LogP contribution is 2.33. The molecule has 0 radical (unpaired) electrons. The smallest absolute Gasteiger partial charge is 0.264 e. The van der Waals surface area contributed by atoms with Crippen molar-refractivity contribution in [2.45, 2.75) is 31.6 Å². The molecule has 0 aliphatic carbocycles. The molecule has 1 N–H and O–H groups in total. The van der Waals surface area contributed by atoms with Gasteiger partial charge in [-0.15, -0.1) is 0 Å². The van der Waals surface area contributed by atoms with E-state index in [9.17, 15) is 13.2 Å². The Morgan fingerprint density at radius 1 is 1.00 bits per heavy atom. The molecule has 3 aromatic carbocycles. The van der Waals surface area contributed by atoms with Gasteiger partial charge in [-0.3, -0.25) is 9.10 Å². The minimum Gasteiger partial charge on any atom is -0.484 e. The second-order valence-electron chi connectivity index (χ2n) is 7.99. The van der Waals surface area contributed by atoms with Crippen LogP contribution in [0.3, 0.4) is 0 Å². The molecular weight excluding hydrogens is 424 g/mol. The topological polar surface area (TPSA) is 75.7 Å². The van der Waals surface area contributed by atoms with Crippen molar-refractivity contribution in [3.63, 3.8) is 0 Å². The molecule has 4 rings (SSSR count). The maximum absolute atomic E-state index is 13.2. The Morgan fingerprint density at radius 3 is 2.53 bits per heavy atom. The molecule has 6 nitrogen and oxygen atoms in total. The Bertz CT molecular complexity index is 1240. The largest absolute Gasteiger partial charge is 0.484 e. The van der Waals surface area contributed by atoms with Crippen LogP contribution < -0.4 is 14.4 Å². The van der Waals surface area contributed by atoms with Gasteiger partial charge in [-0.1, -0.05) is 29.8 Å². The number of rotatable bonds is 6. The number of nitrogens with zero attached hydrogens (tertiary/aromatic N) is 1. The summed E-state index contributed by atoms with van der Waals surface area (Å²) < 4.78 is 33.4. The molecule has 1 aliphatic rings. The molecule has 1 heterocycles. The van der Waals surface area contributed by atoms with Gasteiger partial charge in [0.15, 0.2) is 6.61 Å². The number of hydrogen-bond acceptors (Lipinski definition) is 4. The fourth-order valence-electron chi connectivity index (χ4n) is 3.78. The number of sulfonamides is 1. The SMILES string of the molecule is Cc1ccc(S(=O)(=O)N2CCCc3cc(NC(=O)COc4cccc(C)c4)ccc32)cc1. The van der Waals surface area contributed by atoms with E-state index in [1.54, 1.807) is 36.4 Å². The summed E-state index contributed by atoms with van der Waals surface area (Å²) in [6.45, 7) is 4.21. The maximum Gasteiger partial charge on any atom is 0.264 e. The van der Waals surface area contributed by atoms with Crippen LogP contribution in [-0.2, 0) is 21.2 Å². The molecule has 0 atom stereocenters. The van der Waals surface area contributed by atoms with Crippen molar-refractivity contribution >= 4 is 27.3 Å². The van der Waals surface area contributed by atoms with E-state index in [4.69, 9.17) is 4.74 Å². The highest BCUT2D eigenvalue weighted by atomic mass is 32.2. The molecule has 0 aromatic heterocycles. The van der Waals surface area contributed by atoms with Crippen LogP contribution in [0.1, 0.15) is 23.1 Å². The van der Waals surface area contributed by atoms with Crippen molar-refractivity contribution in [1.82, 2.24) is 0 Å². The van der Waals surface area contributed by atoms with E-state index in [1.807, 2.05) is 44.2 Å². The molecule has 0 bridgehead atoms. The van der Waals surface area contributed by atoms with E-state index < -0.39 is 10.0 Å². The van der Waals surface area contributed by atoms with Crippen molar-refractivity contribution in [2.24, 2.45) is 0 Å². The number of benzene rings is 3. The summed E-state index contributed by atoms with van der Waals surface area (Å²) in [5, 5.41) is 2.84. The second-order valence-corrected chi connectivity index (χ2v) is 9.85. The van der Waals surface area contributed by atoms with Crippen LogP contribution in [0.5, 0.6) is 5.75 Å². The maximum atomic E-state index is 13.2. The first kappa shape index (κ1) is 21.9. The van der Waals surface area contributed by atoms with Crippen LogP contribution >= 0.6 is 0 Å². The number of ether oxygens (including phenoxy) is 1. The fourth-order valence-corrected chi connectivity index (χ4v) is 5.32. The van der Waals surface area contributed by atoms with Crippen LogP contribution in [0.4, 0.5) is 11.4 Å². The zero-order valence-corrected chi connectivity index (χ0v) is 19.0. The molecule has 32 heavy (non-hydrogen) atoms. The number of hydrogen-bond donors (Lipinski definition) is 1. The van der Waals surface area contributed by atoms with Crippen LogP contribution in [0, 0.1) is 13.8 Å². The highest BCUT2D eigenvalue weighted by Gasteiger charge is 2.29. The van der Waals surface area contributed by atoms with E-state index in [-0.39, 0.29) is 17.4 Å². The monoisotopic (exact) mass is 450 g/mol. The summed E-state index contributed by atoms with van der Waals surface area (Å²) in [4.78, 5) is 12.6. The number of aryl methyl sites for hydroxylation is 3. The molecule has 7 heteroatoms. The molecule has 0 saturated heterocycles. The number of carbonyl (C=O) groups is 1. The molecule has 1 aliphatic heterocycles. The third-order valence-corrected chi connectivity index (χ3v) is 7.24. The first-order valence-electron chi connectivity index (χ1n) is 10.5. The fraction of sp³-hybridized carbons (Fsp3) is 0.240. The molecule has 0 saturated carbocycles. The molecule has 3 aromatic rings. The van der Waals surface area contributed by atoms with Crippen molar-refractivity contribution in [3.8, 4) is 5.75 Å². The normalized spacial score (nSPS) is 13.4. The van der Waals surface area contributed by atoms with Crippen LogP contribution in [0.2, 0.25) is 0 Å². The molecule has 0 fully saturated rings. The Kier molecular flexibility index (Phi) is 6.19. The lowest BCUT2D eigenvalue weighted by molar-refractivity contribution is -0.118. The van der Waals surface area contributed by atoms with E-state index in [1.165, 1.54) is 4.31 Å². The predicted octanol–water partition coefficient (Wildman–Crippen LogP) is 4.46. The number of carbonyl (C=O) groups excluding carboxylic acids is 1. The minimum atomic E-state index is -3.64. The number of nitrogens with one attached hydrogen (secondary N) is 1. The van der Waals surface area contributed by atoms with Crippen molar-refractivity contribution < 1.29 is 17.9 Å². The third-order valence-electron chi connectivity index (χ3n) is 5.41. The average Bonchev–Trinajstić information content (AvgIpc) is 2.77. The summed E-state index contributed by atoms with van der Waals surface area (Å²) >= 11 is 0. The van der Waals surface area contributed by atoms with Gasteiger partial charge >= 0.3 is 0 Å². The first-order valence-corrected chi connectivity index (χ1v) is 12.0. The zero-order valence-electron chi connectivity index (χ0n) is 18.2. The number of anilines is 2.